The molecule has 5 rings (SSSR count). The summed E-state index contributed by atoms with van der Waals surface area (Å²) in [6.45, 7) is 3.72. The Hall–Kier alpha value is -3.32. The molecule has 6 nitrogen and oxygen atoms in total. The third kappa shape index (κ3) is 2.99. The molecule has 4 heterocycles. The van der Waals surface area contributed by atoms with E-state index in [1.165, 1.54) is 12.1 Å². The number of nitrogens with one attached hydrogen (secondary N) is 1. The van der Waals surface area contributed by atoms with Gasteiger partial charge in [0.05, 0.1) is 5.69 Å². The van der Waals surface area contributed by atoms with E-state index in [4.69, 9.17) is 9.97 Å². The van der Waals surface area contributed by atoms with E-state index in [0.29, 0.717) is 11.4 Å². The Bertz CT molecular complexity index is 1120. The Labute approximate surface area is 161 Å². The first-order chi connectivity index (χ1) is 13.8. The van der Waals surface area contributed by atoms with Crippen LogP contribution in [0, 0.1) is 5.82 Å². The Morgan fingerprint density at radius 2 is 1.75 bits per heavy atom. The second kappa shape index (κ2) is 7.01. The molecule has 140 valence electrons. The first-order valence-corrected chi connectivity index (χ1v) is 9.31. The minimum Gasteiger partial charge on any atom is -0.354 e. The van der Waals surface area contributed by atoms with Crippen molar-refractivity contribution in [1.29, 1.82) is 0 Å². The van der Waals surface area contributed by atoms with Crippen molar-refractivity contribution in [3.63, 3.8) is 0 Å². The van der Waals surface area contributed by atoms with Gasteiger partial charge in [-0.25, -0.2) is 14.4 Å². The number of fused-ring (bicyclic) bond motifs is 1. The Morgan fingerprint density at radius 3 is 2.54 bits per heavy atom. The van der Waals surface area contributed by atoms with Gasteiger partial charge in [-0.15, -0.1) is 0 Å². The van der Waals surface area contributed by atoms with Gasteiger partial charge in [0.2, 0.25) is 0 Å². The molecule has 3 aromatic heterocycles. The molecule has 0 bridgehead atoms. The van der Waals surface area contributed by atoms with E-state index < -0.39 is 0 Å². The van der Waals surface area contributed by atoms with Gasteiger partial charge in [0.15, 0.2) is 5.65 Å². The lowest BCUT2D eigenvalue weighted by Crippen LogP contribution is -2.43. The third-order valence-electron chi connectivity index (χ3n) is 4.93. The van der Waals surface area contributed by atoms with Gasteiger partial charge < -0.3 is 10.2 Å². The molecule has 0 atom stereocenters. The standard InChI is InChI=1S/C21H19FN6/c22-16-3-1-2-15(14-16)20-25-18-4-5-19(27-12-10-24-11-13-27)26-21(18)28(20)17-6-8-23-9-7-17/h1-9,14,24H,10-13H2. The molecule has 0 spiro atoms. The van der Waals surface area contributed by atoms with Crippen LogP contribution in [0.25, 0.3) is 28.2 Å². The fourth-order valence-corrected chi connectivity index (χ4v) is 3.58. The van der Waals surface area contributed by atoms with E-state index in [1.54, 1.807) is 18.5 Å². The zero-order chi connectivity index (χ0) is 18.9. The van der Waals surface area contributed by atoms with Crippen molar-refractivity contribution >= 4 is 17.0 Å². The Kier molecular flexibility index (Phi) is 4.21. The van der Waals surface area contributed by atoms with Gasteiger partial charge in [0.25, 0.3) is 0 Å². The number of pyridine rings is 2. The van der Waals surface area contributed by atoms with E-state index in [2.05, 4.69) is 15.2 Å². The molecule has 1 aliphatic rings. The molecule has 4 aromatic rings. The number of rotatable bonds is 3. The van der Waals surface area contributed by atoms with Crippen molar-refractivity contribution in [2.75, 3.05) is 31.1 Å². The van der Waals surface area contributed by atoms with Crippen LogP contribution in [0.15, 0.2) is 60.9 Å². The molecule has 0 amide bonds. The highest BCUT2D eigenvalue weighted by Gasteiger charge is 2.18. The fraction of sp³-hybridized carbons (Fsp3) is 0.190. The summed E-state index contributed by atoms with van der Waals surface area (Å²) in [6.07, 6.45) is 3.47. The summed E-state index contributed by atoms with van der Waals surface area (Å²) in [5.41, 5.74) is 3.12. The minimum absolute atomic E-state index is 0.291. The molecular weight excluding hydrogens is 355 g/mol. The number of aromatic nitrogens is 4. The maximum Gasteiger partial charge on any atom is 0.167 e. The molecule has 1 fully saturated rings. The van der Waals surface area contributed by atoms with Crippen LogP contribution < -0.4 is 10.2 Å². The fourth-order valence-electron chi connectivity index (χ4n) is 3.58. The number of hydrogen-bond donors (Lipinski definition) is 1. The van der Waals surface area contributed by atoms with Crippen LogP contribution in [-0.2, 0) is 0 Å². The molecule has 0 aliphatic carbocycles. The second-order valence-corrected chi connectivity index (χ2v) is 6.74. The minimum atomic E-state index is -0.291. The van der Waals surface area contributed by atoms with Crippen molar-refractivity contribution in [2.24, 2.45) is 0 Å². The predicted molar refractivity (Wildman–Crippen MR) is 107 cm³/mol. The number of piperazine rings is 1. The van der Waals surface area contributed by atoms with E-state index in [9.17, 15) is 4.39 Å². The Balaban J connectivity index is 1.73. The lowest BCUT2D eigenvalue weighted by Gasteiger charge is -2.28. The summed E-state index contributed by atoms with van der Waals surface area (Å²) in [5.74, 6) is 1.29. The first kappa shape index (κ1) is 16.8. The second-order valence-electron chi connectivity index (χ2n) is 6.74. The van der Waals surface area contributed by atoms with Crippen LogP contribution in [0.1, 0.15) is 0 Å². The maximum absolute atomic E-state index is 13.9. The van der Waals surface area contributed by atoms with Gasteiger partial charge in [0.1, 0.15) is 23.0 Å². The van der Waals surface area contributed by atoms with Gasteiger partial charge in [-0.3, -0.25) is 9.55 Å². The van der Waals surface area contributed by atoms with Gasteiger partial charge in [-0.2, -0.15) is 0 Å². The predicted octanol–water partition coefficient (Wildman–Crippen LogP) is 3.03. The van der Waals surface area contributed by atoms with Crippen LogP contribution in [0.5, 0.6) is 0 Å². The highest BCUT2D eigenvalue weighted by molar-refractivity contribution is 5.81. The topological polar surface area (TPSA) is 58.9 Å². The molecule has 28 heavy (non-hydrogen) atoms. The molecular formula is C21H19FN6. The molecule has 1 aromatic carbocycles. The van der Waals surface area contributed by atoms with Crippen molar-refractivity contribution in [3.05, 3.63) is 66.7 Å². The number of hydrogen-bond acceptors (Lipinski definition) is 5. The number of halogens is 1. The largest absolute Gasteiger partial charge is 0.354 e. The molecule has 0 radical (unpaired) electrons. The van der Waals surface area contributed by atoms with Gasteiger partial charge >= 0.3 is 0 Å². The summed E-state index contributed by atoms with van der Waals surface area (Å²) < 4.78 is 15.8. The van der Waals surface area contributed by atoms with Gasteiger partial charge in [0, 0.05) is 44.1 Å². The van der Waals surface area contributed by atoms with Crippen molar-refractivity contribution < 1.29 is 4.39 Å². The van der Waals surface area contributed by atoms with Crippen molar-refractivity contribution in [3.8, 4) is 17.1 Å². The normalized spacial score (nSPS) is 14.5. The van der Waals surface area contributed by atoms with E-state index in [0.717, 1.165) is 48.8 Å². The van der Waals surface area contributed by atoms with Crippen LogP contribution in [0.4, 0.5) is 10.2 Å². The number of benzene rings is 1. The summed E-state index contributed by atoms with van der Waals surface area (Å²) in [4.78, 5) is 16.1. The lowest BCUT2D eigenvalue weighted by atomic mass is 10.2. The third-order valence-corrected chi connectivity index (χ3v) is 4.93. The lowest BCUT2D eigenvalue weighted by molar-refractivity contribution is 0.585. The monoisotopic (exact) mass is 374 g/mol. The number of nitrogens with zero attached hydrogens (tertiary/aromatic N) is 5. The Morgan fingerprint density at radius 1 is 0.929 bits per heavy atom. The van der Waals surface area contributed by atoms with Gasteiger partial charge in [-0.1, -0.05) is 12.1 Å². The summed E-state index contributed by atoms with van der Waals surface area (Å²) in [6, 6.07) is 14.3. The van der Waals surface area contributed by atoms with Crippen molar-refractivity contribution in [1.82, 2.24) is 24.8 Å². The zero-order valence-electron chi connectivity index (χ0n) is 15.2. The molecule has 1 saturated heterocycles. The highest BCUT2D eigenvalue weighted by Crippen LogP contribution is 2.29. The van der Waals surface area contributed by atoms with E-state index >= 15 is 0 Å². The molecule has 1 aliphatic heterocycles. The quantitative estimate of drug-likeness (QED) is 0.597. The average molecular weight is 374 g/mol. The van der Waals surface area contributed by atoms with E-state index in [-0.39, 0.29) is 5.82 Å². The molecule has 7 heteroatoms. The highest BCUT2D eigenvalue weighted by atomic mass is 19.1. The summed E-state index contributed by atoms with van der Waals surface area (Å²) in [7, 11) is 0. The van der Waals surface area contributed by atoms with Crippen LogP contribution in [0.2, 0.25) is 0 Å². The maximum atomic E-state index is 13.9. The first-order valence-electron chi connectivity index (χ1n) is 9.31. The van der Waals surface area contributed by atoms with Crippen LogP contribution in [-0.4, -0.2) is 45.7 Å². The van der Waals surface area contributed by atoms with Crippen LogP contribution in [0.3, 0.4) is 0 Å². The van der Waals surface area contributed by atoms with Gasteiger partial charge in [-0.05, 0) is 36.4 Å². The molecule has 0 saturated carbocycles. The number of anilines is 1. The van der Waals surface area contributed by atoms with Crippen molar-refractivity contribution in [2.45, 2.75) is 0 Å². The summed E-state index contributed by atoms with van der Waals surface area (Å²) in [5, 5.41) is 3.36. The smallest absolute Gasteiger partial charge is 0.167 e. The van der Waals surface area contributed by atoms with E-state index in [1.807, 2.05) is 34.9 Å². The summed E-state index contributed by atoms with van der Waals surface area (Å²) >= 11 is 0. The molecule has 0 unspecified atom stereocenters. The SMILES string of the molecule is Fc1cccc(-c2nc3ccc(N4CCNCC4)nc3n2-c2ccncc2)c1. The average Bonchev–Trinajstić information content (AvgIpc) is 3.14. The van der Waals surface area contributed by atoms with Crippen LogP contribution >= 0.6 is 0 Å². The zero-order valence-corrected chi connectivity index (χ0v) is 15.2. The molecule has 1 N–H and O–H groups in total. The number of imidazole rings is 1.